The number of rotatable bonds is 4. The van der Waals surface area contributed by atoms with Crippen molar-refractivity contribution >= 4 is 17.3 Å². The molecule has 0 unspecified atom stereocenters. The van der Waals surface area contributed by atoms with Crippen LogP contribution in [0, 0.1) is 5.92 Å². The summed E-state index contributed by atoms with van der Waals surface area (Å²) in [5.41, 5.74) is 2.27. The van der Waals surface area contributed by atoms with E-state index >= 15 is 0 Å². The molecule has 1 amide bonds. The summed E-state index contributed by atoms with van der Waals surface area (Å²) in [6.07, 6.45) is 2.73. The Hall–Kier alpha value is -1.75. The van der Waals surface area contributed by atoms with Crippen LogP contribution < -0.4 is 10.2 Å². The highest BCUT2D eigenvalue weighted by atomic mass is 16.5. The zero-order valence-corrected chi connectivity index (χ0v) is 16.6. The predicted molar refractivity (Wildman–Crippen MR) is 107 cm³/mol. The van der Waals surface area contributed by atoms with Crippen molar-refractivity contribution < 1.29 is 9.53 Å². The lowest BCUT2D eigenvalue weighted by Crippen LogP contribution is -2.52. The molecule has 2 heterocycles. The summed E-state index contributed by atoms with van der Waals surface area (Å²) in [5, 5.41) is 3.36. The fourth-order valence-corrected chi connectivity index (χ4v) is 3.98. The minimum Gasteiger partial charge on any atom is -0.374 e. The van der Waals surface area contributed by atoms with Crippen molar-refractivity contribution in [3.63, 3.8) is 0 Å². The molecule has 0 aromatic heterocycles. The summed E-state index contributed by atoms with van der Waals surface area (Å²) in [4.78, 5) is 17.1. The van der Waals surface area contributed by atoms with Crippen LogP contribution in [0.25, 0.3) is 0 Å². The van der Waals surface area contributed by atoms with Gasteiger partial charge in [0.1, 0.15) is 6.04 Å². The van der Waals surface area contributed by atoms with Crippen LogP contribution in [-0.2, 0) is 9.53 Å². The number of nitrogens with zero attached hydrogens (tertiary/aromatic N) is 2. The molecule has 0 aliphatic carbocycles. The van der Waals surface area contributed by atoms with Crippen molar-refractivity contribution in [2.45, 2.75) is 58.8 Å². The monoisotopic (exact) mass is 359 g/mol. The third-order valence-electron chi connectivity index (χ3n) is 5.50. The topological polar surface area (TPSA) is 44.8 Å². The molecule has 2 saturated heterocycles. The van der Waals surface area contributed by atoms with Gasteiger partial charge >= 0.3 is 0 Å². The van der Waals surface area contributed by atoms with Crippen molar-refractivity contribution in [1.82, 2.24) is 4.90 Å². The van der Waals surface area contributed by atoms with Gasteiger partial charge in [0, 0.05) is 37.6 Å². The van der Waals surface area contributed by atoms with Crippen LogP contribution in [0.4, 0.5) is 11.4 Å². The first-order valence-electron chi connectivity index (χ1n) is 9.98. The molecule has 3 atom stereocenters. The number of carbonyl (C=O) groups is 1. The number of hydrogen-bond donors (Lipinski definition) is 1. The SMILES string of the molecule is CC1CCN(c2ccc(N[C@H](C)C(=O)N3C[C@@H](C)O[C@H](C)C3)cc2)CC1. The maximum atomic E-state index is 12.7. The van der Waals surface area contributed by atoms with E-state index in [1.807, 2.05) is 25.7 Å². The second-order valence-electron chi connectivity index (χ2n) is 8.08. The van der Waals surface area contributed by atoms with Gasteiger partial charge < -0.3 is 19.9 Å². The molecule has 26 heavy (non-hydrogen) atoms. The van der Waals surface area contributed by atoms with Gasteiger partial charge in [-0.2, -0.15) is 0 Å². The number of ether oxygens (including phenoxy) is 1. The van der Waals surface area contributed by atoms with Gasteiger partial charge in [-0.15, -0.1) is 0 Å². The molecule has 5 heteroatoms. The largest absolute Gasteiger partial charge is 0.374 e. The highest BCUT2D eigenvalue weighted by Gasteiger charge is 2.28. The molecule has 0 spiro atoms. The maximum absolute atomic E-state index is 12.7. The van der Waals surface area contributed by atoms with E-state index in [0.29, 0.717) is 13.1 Å². The number of anilines is 2. The van der Waals surface area contributed by atoms with Crippen LogP contribution in [-0.4, -0.2) is 55.2 Å². The minimum absolute atomic E-state index is 0.0986. The fourth-order valence-electron chi connectivity index (χ4n) is 3.98. The first-order valence-corrected chi connectivity index (χ1v) is 9.98. The number of morpholine rings is 1. The standard InChI is InChI=1S/C21H33N3O2/c1-15-9-11-23(12-10-15)20-7-5-19(6-8-20)22-18(4)21(25)24-13-16(2)26-17(3)14-24/h5-8,15-18,22H,9-14H2,1-4H3/t16-,17-,18-/m1/s1. The predicted octanol–water partition coefficient (Wildman–Crippen LogP) is 3.36. The quantitative estimate of drug-likeness (QED) is 0.895. The number of piperidine rings is 1. The minimum atomic E-state index is -0.241. The summed E-state index contributed by atoms with van der Waals surface area (Å²) < 4.78 is 5.72. The Labute approximate surface area is 157 Å². The molecule has 1 N–H and O–H groups in total. The van der Waals surface area contributed by atoms with Crippen LogP contribution in [0.5, 0.6) is 0 Å². The molecule has 1 aromatic carbocycles. The number of hydrogen-bond acceptors (Lipinski definition) is 4. The molecule has 2 fully saturated rings. The Morgan fingerprint density at radius 2 is 1.65 bits per heavy atom. The highest BCUT2D eigenvalue weighted by Crippen LogP contribution is 2.24. The zero-order valence-electron chi connectivity index (χ0n) is 16.6. The van der Waals surface area contributed by atoms with Crippen molar-refractivity contribution in [3.8, 4) is 0 Å². The van der Waals surface area contributed by atoms with E-state index in [-0.39, 0.29) is 24.2 Å². The lowest BCUT2D eigenvalue weighted by atomic mass is 9.99. The Kier molecular flexibility index (Phi) is 6.07. The van der Waals surface area contributed by atoms with Gasteiger partial charge in [-0.1, -0.05) is 6.92 Å². The summed E-state index contributed by atoms with van der Waals surface area (Å²) in [5.74, 6) is 0.978. The van der Waals surface area contributed by atoms with E-state index in [1.165, 1.54) is 18.5 Å². The molecular weight excluding hydrogens is 326 g/mol. The second kappa shape index (κ2) is 8.30. The van der Waals surface area contributed by atoms with Crippen LogP contribution in [0.3, 0.4) is 0 Å². The number of nitrogens with one attached hydrogen (secondary N) is 1. The fraction of sp³-hybridized carbons (Fsp3) is 0.667. The van der Waals surface area contributed by atoms with E-state index < -0.39 is 0 Å². The van der Waals surface area contributed by atoms with Gasteiger partial charge in [-0.25, -0.2) is 0 Å². The molecular formula is C21H33N3O2. The molecule has 0 saturated carbocycles. The highest BCUT2D eigenvalue weighted by molar-refractivity contribution is 5.84. The van der Waals surface area contributed by atoms with Gasteiger partial charge in [-0.05, 0) is 63.8 Å². The zero-order chi connectivity index (χ0) is 18.7. The number of amides is 1. The third kappa shape index (κ3) is 4.70. The average Bonchev–Trinajstić information content (AvgIpc) is 2.61. The van der Waals surface area contributed by atoms with Crippen LogP contribution in [0.15, 0.2) is 24.3 Å². The number of carbonyl (C=O) groups excluding carboxylic acids is 1. The summed E-state index contributed by atoms with van der Waals surface area (Å²) in [6, 6.07) is 8.25. The molecule has 5 nitrogen and oxygen atoms in total. The van der Waals surface area contributed by atoms with Crippen LogP contribution in [0.1, 0.15) is 40.5 Å². The molecule has 0 bridgehead atoms. The molecule has 1 aromatic rings. The lowest BCUT2D eigenvalue weighted by Gasteiger charge is -2.36. The van der Waals surface area contributed by atoms with Crippen molar-refractivity contribution in [2.75, 3.05) is 36.4 Å². The summed E-state index contributed by atoms with van der Waals surface area (Å²) in [7, 11) is 0. The average molecular weight is 360 g/mol. The first-order chi connectivity index (χ1) is 12.4. The van der Waals surface area contributed by atoms with Gasteiger partial charge in [0.05, 0.1) is 12.2 Å². The Morgan fingerprint density at radius 1 is 1.08 bits per heavy atom. The van der Waals surface area contributed by atoms with Crippen LogP contribution in [0.2, 0.25) is 0 Å². The van der Waals surface area contributed by atoms with E-state index in [4.69, 9.17) is 4.74 Å². The summed E-state index contributed by atoms with van der Waals surface area (Å²) >= 11 is 0. The van der Waals surface area contributed by atoms with Crippen molar-refractivity contribution in [3.05, 3.63) is 24.3 Å². The Balaban J connectivity index is 1.55. The second-order valence-corrected chi connectivity index (χ2v) is 8.08. The first kappa shape index (κ1) is 19.0. The molecule has 3 rings (SSSR count). The Bertz CT molecular complexity index is 586. The third-order valence-corrected chi connectivity index (χ3v) is 5.50. The lowest BCUT2D eigenvalue weighted by molar-refractivity contribution is -0.143. The van der Waals surface area contributed by atoms with E-state index in [1.54, 1.807) is 0 Å². The van der Waals surface area contributed by atoms with Gasteiger partial charge in [-0.3, -0.25) is 4.79 Å². The molecule has 2 aliphatic rings. The van der Waals surface area contributed by atoms with E-state index in [9.17, 15) is 4.79 Å². The molecule has 0 radical (unpaired) electrons. The molecule has 2 aliphatic heterocycles. The van der Waals surface area contributed by atoms with Crippen molar-refractivity contribution in [1.29, 1.82) is 0 Å². The van der Waals surface area contributed by atoms with Crippen molar-refractivity contribution in [2.24, 2.45) is 5.92 Å². The molecule has 144 valence electrons. The smallest absolute Gasteiger partial charge is 0.244 e. The van der Waals surface area contributed by atoms with Crippen LogP contribution >= 0.6 is 0 Å². The van der Waals surface area contributed by atoms with Gasteiger partial charge in [0.15, 0.2) is 0 Å². The Morgan fingerprint density at radius 3 is 2.23 bits per heavy atom. The van der Waals surface area contributed by atoms with E-state index in [2.05, 4.69) is 41.4 Å². The van der Waals surface area contributed by atoms with Gasteiger partial charge in [0.25, 0.3) is 0 Å². The van der Waals surface area contributed by atoms with Gasteiger partial charge in [0.2, 0.25) is 5.91 Å². The van der Waals surface area contributed by atoms with E-state index in [0.717, 1.165) is 24.7 Å². The number of benzene rings is 1. The normalized spacial score (nSPS) is 25.8. The maximum Gasteiger partial charge on any atom is 0.244 e. The summed E-state index contributed by atoms with van der Waals surface area (Å²) in [6.45, 7) is 11.9.